The van der Waals surface area contributed by atoms with Crippen LogP contribution >= 0.6 is 11.6 Å². The Labute approximate surface area is 211 Å². The summed E-state index contributed by atoms with van der Waals surface area (Å²) in [5.41, 5.74) is -0.0116. The first-order valence-corrected chi connectivity index (χ1v) is 11.0. The van der Waals surface area contributed by atoms with Crippen LogP contribution in [0.2, 0.25) is 5.02 Å². The maximum atomic E-state index is 13.1. The fourth-order valence-electron chi connectivity index (χ4n) is 3.42. The molecule has 0 radical (unpaired) electrons. The van der Waals surface area contributed by atoms with Crippen LogP contribution in [0.25, 0.3) is 17.2 Å². The molecule has 1 aromatic carbocycles. The number of pyridine rings is 1. The number of aryl methyl sites for hydroxylation is 1. The second-order valence-electron chi connectivity index (χ2n) is 7.84. The van der Waals surface area contributed by atoms with Gasteiger partial charge in [0.05, 0.1) is 13.7 Å². The molecule has 1 unspecified atom stereocenters. The standard InChI is InChI=1S/C22H19ClF3N7O4/c1-12-4-3-9-27-17(12)33-19(20(35)37-2)28-16(29-33)11-32-21(36)31(10-15(34)22(24,25)26)18(30-32)13-5-7-14(23)8-6-13/h3-9,15,34H,10-11H2,1-2H3. The van der Waals surface area contributed by atoms with Crippen LogP contribution in [0.15, 0.2) is 47.4 Å². The quantitative estimate of drug-likeness (QED) is 0.356. The van der Waals surface area contributed by atoms with E-state index in [0.29, 0.717) is 15.2 Å². The number of esters is 1. The van der Waals surface area contributed by atoms with Crippen LogP contribution in [0.5, 0.6) is 0 Å². The topological polar surface area (TPSA) is 130 Å². The molecule has 4 aromatic rings. The Morgan fingerprint density at radius 1 is 1.19 bits per heavy atom. The van der Waals surface area contributed by atoms with Gasteiger partial charge in [0.1, 0.15) is 6.54 Å². The van der Waals surface area contributed by atoms with Gasteiger partial charge in [-0.3, -0.25) is 4.57 Å². The van der Waals surface area contributed by atoms with Crippen molar-refractivity contribution in [2.45, 2.75) is 32.3 Å². The summed E-state index contributed by atoms with van der Waals surface area (Å²) in [6, 6.07) is 9.32. The van der Waals surface area contributed by atoms with Crippen molar-refractivity contribution >= 4 is 17.6 Å². The Bertz CT molecular complexity index is 1500. The summed E-state index contributed by atoms with van der Waals surface area (Å²) >= 11 is 5.90. The van der Waals surface area contributed by atoms with Crippen molar-refractivity contribution in [1.82, 2.24) is 34.1 Å². The van der Waals surface area contributed by atoms with Crippen LogP contribution in [-0.4, -0.2) is 64.6 Å². The van der Waals surface area contributed by atoms with Crippen molar-refractivity contribution < 1.29 is 27.8 Å². The molecule has 15 heteroatoms. The number of rotatable bonds is 7. The van der Waals surface area contributed by atoms with Crippen LogP contribution in [0.1, 0.15) is 22.0 Å². The Balaban J connectivity index is 1.79. The minimum atomic E-state index is -4.96. The third kappa shape index (κ3) is 5.39. The lowest BCUT2D eigenvalue weighted by molar-refractivity contribution is -0.207. The minimum absolute atomic E-state index is 0.0590. The largest absolute Gasteiger partial charge is 0.463 e. The van der Waals surface area contributed by atoms with Gasteiger partial charge in [0.2, 0.25) is 5.82 Å². The summed E-state index contributed by atoms with van der Waals surface area (Å²) < 4.78 is 46.7. The van der Waals surface area contributed by atoms with Crippen LogP contribution in [0, 0.1) is 6.92 Å². The number of hydrogen-bond acceptors (Lipinski definition) is 8. The van der Waals surface area contributed by atoms with Gasteiger partial charge in [-0.15, -0.1) is 10.2 Å². The number of hydrogen-bond donors (Lipinski definition) is 1. The summed E-state index contributed by atoms with van der Waals surface area (Å²) in [7, 11) is 1.16. The van der Waals surface area contributed by atoms with Gasteiger partial charge in [-0.25, -0.2) is 24.2 Å². The number of benzene rings is 1. The van der Waals surface area contributed by atoms with Crippen LogP contribution < -0.4 is 5.69 Å². The predicted octanol–water partition coefficient (Wildman–Crippen LogP) is 2.41. The number of carbonyl (C=O) groups is 1. The molecule has 4 rings (SSSR count). The summed E-state index contributed by atoms with van der Waals surface area (Å²) in [6.45, 7) is 0.237. The van der Waals surface area contributed by atoms with Crippen molar-refractivity contribution in [2.24, 2.45) is 0 Å². The zero-order valence-electron chi connectivity index (χ0n) is 19.3. The van der Waals surface area contributed by atoms with Crippen molar-refractivity contribution in [1.29, 1.82) is 0 Å². The molecule has 0 aliphatic heterocycles. The number of carbonyl (C=O) groups excluding carboxylic acids is 1. The normalized spacial score (nSPS) is 12.5. The monoisotopic (exact) mass is 537 g/mol. The Hall–Kier alpha value is -4.04. The predicted molar refractivity (Wildman–Crippen MR) is 123 cm³/mol. The number of aliphatic hydroxyl groups is 1. The molecule has 0 aliphatic rings. The SMILES string of the molecule is COC(=O)c1nc(Cn2nc(-c3ccc(Cl)cc3)n(CC(O)C(F)(F)F)c2=O)nn1-c1ncccc1C. The molecular formula is C22H19ClF3N7O4. The van der Waals surface area contributed by atoms with Gasteiger partial charge in [-0.2, -0.15) is 17.9 Å². The van der Waals surface area contributed by atoms with Gasteiger partial charge in [-0.05, 0) is 42.8 Å². The molecule has 37 heavy (non-hydrogen) atoms. The zero-order valence-corrected chi connectivity index (χ0v) is 20.1. The number of methoxy groups -OCH3 is 1. The Kier molecular flexibility index (Phi) is 7.14. The van der Waals surface area contributed by atoms with Crippen molar-refractivity contribution in [3.8, 4) is 17.2 Å². The van der Waals surface area contributed by atoms with Crippen molar-refractivity contribution in [2.75, 3.05) is 7.11 Å². The van der Waals surface area contributed by atoms with Crippen molar-refractivity contribution in [3.63, 3.8) is 0 Å². The molecule has 1 atom stereocenters. The van der Waals surface area contributed by atoms with E-state index in [1.807, 2.05) is 0 Å². The zero-order chi connectivity index (χ0) is 26.9. The maximum Gasteiger partial charge on any atom is 0.416 e. The highest BCUT2D eigenvalue weighted by Gasteiger charge is 2.39. The molecular weight excluding hydrogens is 519 g/mol. The van der Waals surface area contributed by atoms with E-state index in [1.54, 1.807) is 19.1 Å². The van der Waals surface area contributed by atoms with E-state index in [1.165, 1.54) is 30.5 Å². The first kappa shape index (κ1) is 26.0. The minimum Gasteiger partial charge on any atom is -0.463 e. The fraction of sp³-hybridized carbons (Fsp3) is 0.273. The highest BCUT2D eigenvalue weighted by molar-refractivity contribution is 6.30. The van der Waals surface area contributed by atoms with Gasteiger partial charge < -0.3 is 9.84 Å². The number of aliphatic hydroxyl groups excluding tert-OH is 1. The summed E-state index contributed by atoms with van der Waals surface area (Å²) in [5.74, 6) is -0.960. The van der Waals surface area contributed by atoms with Gasteiger partial charge in [0.25, 0.3) is 0 Å². The second-order valence-corrected chi connectivity index (χ2v) is 8.27. The Morgan fingerprint density at radius 3 is 2.51 bits per heavy atom. The molecule has 0 saturated carbocycles. The van der Waals surface area contributed by atoms with Crippen LogP contribution in [0.3, 0.4) is 0 Å². The number of halogens is 4. The van der Waals surface area contributed by atoms with E-state index < -0.39 is 37.0 Å². The third-order valence-corrected chi connectivity index (χ3v) is 5.50. The van der Waals surface area contributed by atoms with Crippen LogP contribution in [0.4, 0.5) is 13.2 Å². The van der Waals surface area contributed by atoms with Gasteiger partial charge >= 0.3 is 17.8 Å². The lowest BCUT2D eigenvalue weighted by atomic mass is 10.2. The third-order valence-electron chi connectivity index (χ3n) is 5.25. The van der Waals surface area contributed by atoms with Crippen molar-refractivity contribution in [3.05, 3.63) is 75.3 Å². The molecule has 194 valence electrons. The van der Waals surface area contributed by atoms with Gasteiger partial charge in [0.15, 0.2) is 23.6 Å². The maximum absolute atomic E-state index is 13.1. The lowest BCUT2D eigenvalue weighted by Crippen LogP contribution is -2.37. The summed E-state index contributed by atoms with van der Waals surface area (Å²) in [6.07, 6.45) is -6.29. The molecule has 3 heterocycles. The van der Waals surface area contributed by atoms with E-state index in [-0.39, 0.29) is 28.9 Å². The number of ether oxygens (including phenoxy) is 1. The molecule has 0 bridgehead atoms. The van der Waals surface area contributed by atoms with E-state index in [4.69, 9.17) is 16.3 Å². The highest BCUT2D eigenvalue weighted by atomic mass is 35.5. The van der Waals surface area contributed by atoms with Gasteiger partial charge in [0, 0.05) is 16.8 Å². The first-order chi connectivity index (χ1) is 17.5. The molecule has 0 spiro atoms. The van der Waals surface area contributed by atoms with Crippen LogP contribution in [-0.2, 0) is 17.8 Å². The number of alkyl halides is 3. The average Bonchev–Trinajstić information content (AvgIpc) is 3.40. The van der Waals surface area contributed by atoms with E-state index >= 15 is 0 Å². The summed E-state index contributed by atoms with van der Waals surface area (Å²) in [5, 5.41) is 18.4. The molecule has 0 saturated heterocycles. The van der Waals surface area contributed by atoms with Gasteiger partial charge in [-0.1, -0.05) is 17.7 Å². The average molecular weight is 538 g/mol. The molecule has 0 fully saturated rings. The smallest absolute Gasteiger partial charge is 0.416 e. The molecule has 1 N–H and O–H groups in total. The highest BCUT2D eigenvalue weighted by Crippen LogP contribution is 2.24. The Morgan fingerprint density at radius 2 is 1.89 bits per heavy atom. The molecule has 0 amide bonds. The van der Waals surface area contributed by atoms with E-state index in [9.17, 15) is 27.9 Å². The van der Waals surface area contributed by atoms with E-state index in [2.05, 4.69) is 20.2 Å². The summed E-state index contributed by atoms with van der Waals surface area (Å²) in [4.78, 5) is 33.8. The fourth-order valence-corrected chi connectivity index (χ4v) is 3.55. The lowest BCUT2D eigenvalue weighted by Gasteiger charge is -2.15. The molecule has 11 nitrogen and oxygen atoms in total. The number of nitrogens with zero attached hydrogens (tertiary/aromatic N) is 7. The molecule has 3 aromatic heterocycles. The number of aromatic nitrogens is 7. The molecule has 0 aliphatic carbocycles. The second kappa shape index (κ2) is 10.1. The van der Waals surface area contributed by atoms with E-state index in [0.717, 1.165) is 16.5 Å². The first-order valence-electron chi connectivity index (χ1n) is 10.6.